The van der Waals surface area contributed by atoms with Gasteiger partial charge in [0.2, 0.25) is 0 Å². The van der Waals surface area contributed by atoms with Gasteiger partial charge in [-0.25, -0.2) is 0 Å². The SMILES string of the molecule is CC(Sc1cccc(C(C)(C)C)c1C(C)(C)C)C(=O)O. The monoisotopic (exact) mass is 294 g/mol. The van der Waals surface area contributed by atoms with E-state index < -0.39 is 11.2 Å². The first-order valence-corrected chi connectivity index (χ1v) is 7.86. The summed E-state index contributed by atoms with van der Waals surface area (Å²) in [6.45, 7) is 14.9. The van der Waals surface area contributed by atoms with Gasteiger partial charge in [0.1, 0.15) is 5.25 Å². The predicted octanol–water partition coefficient (Wildman–Crippen LogP) is 4.85. The van der Waals surface area contributed by atoms with Gasteiger partial charge in [-0.2, -0.15) is 0 Å². The fraction of sp³-hybridized carbons (Fsp3) is 0.588. The van der Waals surface area contributed by atoms with Crippen LogP contribution in [0.25, 0.3) is 0 Å². The average molecular weight is 294 g/mol. The summed E-state index contributed by atoms with van der Waals surface area (Å²) in [5, 5.41) is 8.71. The van der Waals surface area contributed by atoms with Crippen molar-refractivity contribution in [3.05, 3.63) is 29.3 Å². The van der Waals surface area contributed by atoms with Crippen molar-refractivity contribution in [3.63, 3.8) is 0 Å². The number of hydrogen-bond donors (Lipinski definition) is 1. The Morgan fingerprint density at radius 1 is 1.10 bits per heavy atom. The summed E-state index contributed by atoms with van der Waals surface area (Å²) in [5.41, 5.74) is 2.61. The number of carboxylic acids is 1. The molecule has 0 saturated heterocycles. The van der Waals surface area contributed by atoms with E-state index >= 15 is 0 Å². The summed E-state index contributed by atoms with van der Waals surface area (Å²) in [5.74, 6) is -0.768. The van der Waals surface area contributed by atoms with Gasteiger partial charge in [-0.1, -0.05) is 53.7 Å². The molecule has 0 amide bonds. The highest BCUT2D eigenvalue weighted by atomic mass is 32.2. The molecule has 0 aromatic heterocycles. The van der Waals surface area contributed by atoms with Crippen LogP contribution in [-0.2, 0) is 15.6 Å². The summed E-state index contributed by atoms with van der Waals surface area (Å²) in [4.78, 5) is 12.2. The number of hydrogen-bond acceptors (Lipinski definition) is 2. The van der Waals surface area contributed by atoms with Crippen molar-refractivity contribution in [1.82, 2.24) is 0 Å². The van der Waals surface area contributed by atoms with Crippen LogP contribution in [0.2, 0.25) is 0 Å². The van der Waals surface area contributed by atoms with Crippen LogP contribution >= 0.6 is 11.8 Å². The number of carboxylic acid groups (broad SMARTS) is 1. The molecule has 3 heteroatoms. The second kappa shape index (κ2) is 5.80. The third-order valence-corrected chi connectivity index (χ3v) is 4.39. The molecule has 0 saturated carbocycles. The Kier molecular flexibility index (Phi) is 4.96. The molecular weight excluding hydrogens is 268 g/mol. The maximum atomic E-state index is 11.1. The molecule has 0 aliphatic heterocycles. The van der Waals surface area contributed by atoms with E-state index in [2.05, 4.69) is 47.6 Å². The van der Waals surface area contributed by atoms with Gasteiger partial charge in [0.15, 0.2) is 0 Å². The van der Waals surface area contributed by atoms with Crippen LogP contribution < -0.4 is 0 Å². The summed E-state index contributed by atoms with van der Waals surface area (Å²) in [7, 11) is 0. The van der Waals surface area contributed by atoms with E-state index in [1.807, 2.05) is 12.1 Å². The van der Waals surface area contributed by atoms with Gasteiger partial charge in [-0.3, -0.25) is 4.79 Å². The zero-order valence-electron chi connectivity index (χ0n) is 13.6. The van der Waals surface area contributed by atoms with E-state index in [0.717, 1.165) is 4.90 Å². The fourth-order valence-corrected chi connectivity index (χ4v) is 3.44. The van der Waals surface area contributed by atoms with Crippen molar-refractivity contribution in [2.75, 3.05) is 0 Å². The number of benzene rings is 1. The van der Waals surface area contributed by atoms with E-state index in [9.17, 15) is 4.79 Å². The van der Waals surface area contributed by atoms with Crippen LogP contribution in [0, 0.1) is 0 Å². The van der Waals surface area contributed by atoms with Crippen molar-refractivity contribution in [2.45, 2.75) is 69.4 Å². The first-order valence-electron chi connectivity index (χ1n) is 6.98. The second-order valence-electron chi connectivity index (χ2n) is 7.28. The normalized spacial score (nSPS) is 14.2. The number of rotatable bonds is 3. The highest BCUT2D eigenvalue weighted by Crippen LogP contribution is 2.41. The van der Waals surface area contributed by atoms with Crippen LogP contribution in [0.3, 0.4) is 0 Å². The number of carbonyl (C=O) groups is 1. The molecule has 1 atom stereocenters. The molecule has 0 aliphatic carbocycles. The molecule has 20 heavy (non-hydrogen) atoms. The highest BCUT2D eigenvalue weighted by molar-refractivity contribution is 8.00. The van der Waals surface area contributed by atoms with Gasteiger partial charge in [0.05, 0.1) is 0 Å². The topological polar surface area (TPSA) is 37.3 Å². The zero-order valence-corrected chi connectivity index (χ0v) is 14.4. The Labute approximate surface area is 127 Å². The van der Waals surface area contributed by atoms with E-state index in [-0.39, 0.29) is 10.8 Å². The molecule has 112 valence electrons. The molecule has 1 N–H and O–H groups in total. The first-order chi connectivity index (χ1) is 8.94. The van der Waals surface area contributed by atoms with Crippen LogP contribution in [0.15, 0.2) is 23.1 Å². The van der Waals surface area contributed by atoms with Gasteiger partial charge in [-0.05, 0) is 34.9 Å². The van der Waals surface area contributed by atoms with Crippen LogP contribution in [0.5, 0.6) is 0 Å². The van der Waals surface area contributed by atoms with Crippen LogP contribution in [0.4, 0.5) is 0 Å². The molecule has 0 radical (unpaired) electrons. The van der Waals surface area contributed by atoms with E-state index in [1.165, 1.54) is 22.9 Å². The van der Waals surface area contributed by atoms with Crippen molar-refractivity contribution in [1.29, 1.82) is 0 Å². The summed E-state index contributed by atoms with van der Waals surface area (Å²) in [6.07, 6.45) is 0. The van der Waals surface area contributed by atoms with Crippen molar-refractivity contribution < 1.29 is 9.90 Å². The molecule has 1 aromatic carbocycles. The molecular formula is C17H26O2S. The maximum absolute atomic E-state index is 11.1. The number of thioether (sulfide) groups is 1. The van der Waals surface area contributed by atoms with Gasteiger partial charge in [0.25, 0.3) is 0 Å². The zero-order chi connectivity index (χ0) is 15.7. The summed E-state index contributed by atoms with van der Waals surface area (Å²) >= 11 is 1.44. The molecule has 2 nitrogen and oxygen atoms in total. The van der Waals surface area contributed by atoms with E-state index in [1.54, 1.807) is 6.92 Å². The smallest absolute Gasteiger partial charge is 0.316 e. The Morgan fingerprint density at radius 3 is 2.05 bits per heavy atom. The van der Waals surface area contributed by atoms with Crippen LogP contribution in [0.1, 0.15) is 59.6 Å². The molecule has 0 fully saturated rings. The molecule has 0 bridgehead atoms. The fourth-order valence-electron chi connectivity index (χ4n) is 2.27. The standard InChI is InChI=1S/C17H26O2S/c1-11(15(18)19)20-13-10-8-9-12(16(2,3)4)14(13)17(5,6)7/h8-11H,1-7H3,(H,18,19). The lowest BCUT2D eigenvalue weighted by molar-refractivity contribution is -0.136. The van der Waals surface area contributed by atoms with Crippen molar-refractivity contribution in [2.24, 2.45) is 0 Å². The van der Waals surface area contributed by atoms with E-state index in [0.29, 0.717) is 0 Å². The van der Waals surface area contributed by atoms with Crippen molar-refractivity contribution >= 4 is 17.7 Å². The average Bonchev–Trinajstić information content (AvgIpc) is 2.25. The Balaban J connectivity index is 3.42. The molecule has 1 unspecified atom stereocenters. The van der Waals surface area contributed by atoms with Crippen LogP contribution in [-0.4, -0.2) is 16.3 Å². The Bertz CT molecular complexity index is 493. The first kappa shape index (κ1) is 17.1. The molecule has 0 heterocycles. The minimum absolute atomic E-state index is 0.00949. The molecule has 1 aromatic rings. The Hall–Kier alpha value is -0.960. The van der Waals surface area contributed by atoms with Gasteiger partial charge in [-0.15, -0.1) is 11.8 Å². The van der Waals surface area contributed by atoms with Crippen molar-refractivity contribution in [3.8, 4) is 0 Å². The van der Waals surface area contributed by atoms with Gasteiger partial charge in [0, 0.05) is 4.90 Å². The summed E-state index contributed by atoms with van der Waals surface area (Å²) in [6, 6.07) is 6.24. The van der Waals surface area contributed by atoms with E-state index in [4.69, 9.17) is 5.11 Å². The third kappa shape index (κ3) is 4.02. The lowest BCUT2D eigenvalue weighted by atomic mass is 9.75. The molecule has 0 spiro atoms. The Morgan fingerprint density at radius 2 is 1.65 bits per heavy atom. The van der Waals surface area contributed by atoms with Gasteiger partial charge >= 0.3 is 5.97 Å². The number of aliphatic carboxylic acids is 1. The third-order valence-electron chi connectivity index (χ3n) is 3.24. The molecule has 0 aliphatic rings. The second-order valence-corrected chi connectivity index (χ2v) is 8.66. The maximum Gasteiger partial charge on any atom is 0.316 e. The lowest BCUT2D eigenvalue weighted by Crippen LogP contribution is -2.23. The summed E-state index contributed by atoms with van der Waals surface area (Å²) < 4.78 is 0. The van der Waals surface area contributed by atoms with Gasteiger partial charge < -0.3 is 5.11 Å². The highest BCUT2D eigenvalue weighted by Gasteiger charge is 2.28. The quantitative estimate of drug-likeness (QED) is 0.810. The largest absolute Gasteiger partial charge is 0.480 e. The minimum Gasteiger partial charge on any atom is -0.480 e. The minimum atomic E-state index is -0.768. The molecule has 1 rings (SSSR count). The predicted molar refractivity (Wildman–Crippen MR) is 86.8 cm³/mol. The lowest BCUT2D eigenvalue weighted by Gasteiger charge is -2.32.